The van der Waals surface area contributed by atoms with E-state index in [2.05, 4.69) is 15.5 Å². The molecule has 2 unspecified atom stereocenters. The Morgan fingerprint density at radius 3 is 2.70 bits per heavy atom. The van der Waals surface area contributed by atoms with Crippen LogP contribution < -0.4 is 5.43 Å². The zero-order valence-corrected chi connectivity index (χ0v) is 22.8. The van der Waals surface area contributed by atoms with Gasteiger partial charge in [0, 0.05) is 36.8 Å². The van der Waals surface area contributed by atoms with Crippen molar-refractivity contribution in [2.75, 3.05) is 53.1 Å². The first-order chi connectivity index (χ1) is 19.3. The Bertz CT molecular complexity index is 1190. The van der Waals surface area contributed by atoms with Gasteiger partial charge in [0.1, 0.15) is 12.4 Å². The van der Waals surface area contributed by atoms with Crippen LogP contribution in [0.5, 0.6) is 0 Å². The molecular weight excluding hydrogens is 547 g/mol. The zero-order valence-electron chi connectivity index (χ0n) is 22.1. The van der Waals surface area contributed by atoms with E-state index in [0.29, 0.717) is 35.9 Å². The summed E-state index contributed by atoms with van der Waals surface area (Å²) in [5.74, 6) is -1.46. The van der Waals surface area contributed by atoms with Crippen LogP contribution in [0, 0.1) is 5.82 Å². The fourth-order valence-electron chi connectivity index (χ4n) is 4.20. The van der Waals surface area contributed by atoms with Crippen LogP contribution in [0.4, 0.5) is 4.39 Å². The van der Waals surface area contributed by atoms with E-state index in [0.717, 1.165) is 18.7 Å². The third-order valence-electron chi connectivity index (χ3n) is 6.43. The molecule has 0 aliphatic carbocycles. The first-order valence-corrected chi connectivity index (χ1v) is 13.2. The van der Waals surface area contributed by atoms with Gasteiger partial charge >= 0.3 is 5.97 Å². The Morgan fingerprint density at radius 2 is 2.00 bits per heavy atom. The van der Waals surface area contributed by atoms with Crippen molar-refractivity contribution in [2.24, 2.45) is 5.16 Å². The number of amides is 1. The van der Waals surface area contributed by atoms with Crippen molar-refractivity contribution in [3.8, 4) is 11.1 Å². The van der Waals surface area contributed by atoms with Gasteiger partial charge in [-0.05, 0) is 29.3 Å². The molecule has 1 saturated heterocycles. The number of aliphatic hydroxyl groups is 1. The van der Waals surface area contributed by atoms with E-state index >= 15 is 0 Å². The molecule has 0 aromatic heterocycles. The molecule has 0 radical (unpaired) electrons. The highest BCUT2D eigenvalue weighted by atomic mass is 35.5. The number of carbonyl (C=O) groups excluding carboxylic acids is 2. The number of benzene rings is 2. The van der Waals surface area contributed by atoms with Crippen LogP contribution in [0.15, 0.2) is 47.6 Å². The molecule has 216 valence electrons. The molecule has 1 fully saturated rings. The number of nitrogens with one attached hydrogen (secondary N) is 1. The Balaban J connectivity index is 1.39. The van der Waals surface area contributed by atoms with Gasteiger partial charge in [-0.2, -0.15) is 0 Å². The maximum atomic E-state index is 14.3. The lowest BCUT2D eigenvalue weighted by Gasteiger charge is -2.27. The maximum absolute atomic E-state index is 14.3. The van der Waals surface area contributed by atoms with Crippen LogP contribution in [0.3, 0.4) is 0 Å². The summed E-state index contributed by atoms with van der Waals surface area (Å²) in [6.07, 6.45) is -2.31. The number of rotatable bonds is 11. The zero-order chi connectivity index (χ0) is 28.5. The second-order valence-electron chi connectivity index (χ2n) is 9.30. The quantitative estimate of drug-likeness (QED) is 0.304. The summed E-state index contributed by atoms with van der Waals surface area (Å²) in [5.41, 5.74) is 4.38. The number of oxime groups is 1. The fourth-order valence-corrected chi connectivity index (χ4v) is 4.37. The number of aliphatic hydroxyl groups excluding tert-OH is 1. The van der Waals surface area contributed by atoms with E-state index in [1.54, 1.807) is 24.3 Å². The van der Waals surface area contributed by atoms with E-state index < -0.39 is 29.9 Å². The van der Waals surface area contributed by atoms with Crippen LogP contribution >= 0.6 is 11.6 Å². The highest BCUT2D eigenvalue weighted by molar-refractivity contribution is 6.30. The molecule has 11 nitrogen and oxygen atoms in total. The number of esters is 1. The summed E-state index contributed by atoms with van der Waals surface area (Å²) in [7, 11) is 1.43. The van der Waals surface area contributed by atoms with Gasteiger partial charge in [-0.3, -0.25) is 15.1 Å². The topological polar surface area (TPSA) is 122 Å². The number of methoxy groups -OCH3 is 1. The number of ether oxygens (including phenoxy) is 3. The molecule has 2 aromatic carbocycles. The van der Waals surface area contributed by atoms with Crippen molar-refractivity contribution in [2.45, 2.75) is 25.2 Å². The standard InChI is InChI=1S/C27H32ClFN4O7/c1-37-25-15-24(40-31-25)26(35)30-33(17-23(34)27(36)39-13-10-32-8-11-38-12-9-32)16-18-2-4-19(5-3-18)21-14-20(28)6-7-22(21)29/h2-7,14,23-24,34H,8-13,15-17H2,1H3,(H,30,35). The lowest BCUT2D eigenvalue weighted by atomic mass is 10.0. The lowest BCUT2D eigenvalue weighted by Crippen LogP contribution is -2.50. The largest absolute Gasteiger partial charge is 0.482 e. The number of halogens is 2. The number of hydrogen-bond acceptors (Lipinski definition) is 10. The Labute approximate surface area is 236 Å². The average molecular weight is 579 g/mol. The van der Waals surface area contributed by atoms with Crippen LogP contribution in [0.25, 0.3) is 11.1 Å². The molecular formula is C27H32ClFN4O7. The molecule has 0 saturated carbocycles. The maximum Gasteiger partial charge on any atom is 0.336 e. The van der Waals surface area contributed by atoms with Gasteiger partial charge in [0.25, 0.3) is 5.91 Å². The van der Waals surface area contributed by atoms with E-state index in [1.807, 2.05) is 0 Å². The van der Waals surface area contributed by atoms with Crippen molar-refractivity contribution >= 4 is 29.4 Å². The second-order valence-corrected chi connectivity index (χ2v) is 9.74. The fraction of sp³-hybridized carbons (Fsp3) is 0.444. The number of nitrogens with zero attached hydrogens (tertiary/aromatic N) is 3. The number of carbonyl (C=O) groups is 2. The van der Waals surface area contributed by atoms with E-state index in [-0.39, 0.29) is 32.0 Å². The van der Waals surface area contributed by atoms with Gasteiger partial charge < -0.3 is 24.2 Å². The van der Waals surface area contributed by atoms with Crippen molar-refractivity contribution in [1.82, 2.24) is 15.3 Å². The van der Waals surface area contributed by atoms with Gasteiger partial charge in [-0.25, -0.2) is 14.2 Å². The Hall–Kier alpha value is -3.29. The van der Waals surface area contributed by atoms with Crippen molar-refractivity contribution in [3.63, 3.8) is 0 Å². The SMILES string of the molecule is COC1=NOC(C(=O)NN(Cc2ccc(-c3cc(Cl)ccc3F)cc2)CC(O)C(=O)OCCN2CCOCC2)C1. The molecule has 4 rings (SSSR count). The van der Waals surface area contributed by atoms with Crippen molar-refractivity contribution in [1.29, 1.82) is 0 Å². The molecule has 1 amide bonds. The van der Waals surface area contributed by atoms with Crippen LogP contribution in [0.2, 0.25) is 5.02 Å². The number of hydrazine groups is 1. The number of hydrogen-bond donors (Lipinski definition) is 2. The first-order valence-electron chi connectivity index (χ1n) is 12.8. The summed E-state index contributed by atoms with van der Waals surface area (Å²) in [4.78, 5) is 32.6. The molecule has 2 N–H and O–H groups in total. The predicted octanol–water partition coefficient (Wildman–Crippen LogP) is 1.96. The van der Waals surface area contributed by atoms with Crippen LogP contribution in [-0.2, 0) is 35.2 Å². The van der Waals surface area contributed by atoms with Gasteiger partial charge in [-0.1, -0.05) is 41.0 Å². The van der Waals surface area contributed by atoms with E-state index in [4.69, 9.17) is 30.6 Å². The van der Waals surface area contributed by atoms with Gasteiger partial charge in [0.05, 0.1) is 33.3 Å². The normalized spacial score (nSPS) is 18.1. The molecule has 40 heavy (non-hydrogen) atoms. The Morgan fingerprint density at radius 1 is 1.25 bits per heavy atom. The van der Waals surface area contributed by atoms with Crippen LogP contribution in [0.1, 0.15) is 12.0 Å². The van der Waals surface area contributed by atoms with Gasteiger partial charge in [-0.15, -0.1) is 0 Å². The average Bonchev–Trinajstić information content (AvgIpc) is 3.45. The van der Waals surface area contributed by atoms with Gasteiger partial charge in [0.2, 0.25) is 12.0 Å². The monoisotopic (exact) mass is 578 g/mol. The molecule has 2 heterocycles. The second kappa shape index (κ2) is 14.4. The van der Waals surface area contributed by atoms with Gasteiger partial charge in [0.15, 0.2) is 6.10 Å². The Kier molecular flexibility index (Phi) is 10.7. The highest BCUT2D eigenvalue weighted by Crippen LogP contribution is 2.26. The minimum Gasteiger partial charge on any atom is -0.482 e. The molecule has 2 aromatic rings. The predicted molar refractivity (Wildman–Crippen MR) is 144 cm³/mol. The molecule has 0 spiro atoms. The number of morpholine rings is 1. The van der Waals surface area contributed by atoms with Crippen molar-refractivity contribution < 1.29 is 38.1 Å². The van der Waals surface area contributed by atoms with E-state index in [1.165, 1.54) is 30.3 Å². The summed E-state index contributed by atoms with van der Waals surface area (Å²) in [6, 6.07) is 11.3. The molecule has 2 aliphatic rings. The van der Waals surface area contributed by atoms with Crippen LogP contribution in [-0.4, -0.2) is 98.1 Å². The molecule has 0 bridgehead atoms. The minimum absolute atomic E-state index is 0.118. The molecule has 13 heteroatoms. The van der Waals surface area contributed by atoms with Crippen molar-refractivity contribution in [3.05, 3.63) is 58.9 Å². The minimum atomic E-state index is -1.53. The van der Waals surface area contributed by atoms with E-state index in [9.17, 15) is 19.1 Å². The molecule has 2 aliphatic heterocycles. The summed E-state index contributed by atoms with van der Waals surface area (Å²) < 4.78 is 29.9. The smallest absolute Gasteiger partial charge is 0.336 e. The summed E-state index contributed by atoms with van der Waals surface area (Å²) >= 11 is 6.02. The highest BCUT2D eigenvalue weighted by Gasteiger charge is 2.31. The first kappa shape index (κ1) is 29.7. The summed E-state index contributed by atoms with van der Waals surface area (Å²) in [5, 5.41) is 16.1. The summed E-state index contributed by atoms with van der Waals surface area (Å²) in [6.45, 7) is 3.27. The lowest BCUT2D eigenvalue weighted by molar-refractivity contribution is -0.157. The third-order valence-corrected chi connectivity index (χ3v) is 6.66. The molecule has 2 atom stereocenters. The third kappa shape index (κ3) is 8.35.